The normalized spacial score (nSPS) is 14.8. The largest absolute Gasteiger partial charge is 0.497 e. The third-order valence-corrected chi connectivity index (χ3v) is 5.79. The number of rotatable bonds is 7. The molecule has 8 heteroatoms. The average Bonchev–Trinajstić information content (AvgIpc) is 3.28. The summed E-state index contributed by atoms with van der Waals surface area (Å²) in [6.45, 7) is 2.59. The van der Waals surface area contributed by atoms with Crippen molar-refractivity contribution in [3.63, 3.8) is 0 Å². The number of nitrogens with one attached hydrogen (secondary N) is 1. The number of aromatic nitrogens is 2. The number of carbonyl (C=O) groups is 1. The minimum absolute atomic E-state index is 0.182. The summed E-state index contributed by atoms with van der Waals surface area (Å²) in [7, 11) is 3.31. The van der Waals surface area contributed by atoms with Crippen molar-refractivity contribution in [2.75, 3.05) is 32.6 Å². The highest BCUT2D eigenvalue weighted by Gasteiger charge is 2.24. The molecule has 0 bridgehead atoms. The Bertz CT molecular complexity index is 1080. The second-order valence-electron chi connectivity index (χ2n) is 7.81. The summed E-state index contributed by atoms with van der Waals surface area (Å²) < 4.78 is 26.1. The Morgan fingerprint density at radius 1 is 1.12 bits per heavy atom. The predicted octanol–water partition coefficient (Wildman–Crippen LogP) is 4.13. The molecule has 1 aromatic heterocycles. The summed E-state index contributed by atoms with van der Waals surface area (Å²) in [6, 6.07) is 13.5. The molecule has 1 aliphatic rings. The third kappa shape index (κ3) is 4.91. The van der Waals surface area contributed by atoms with Crippen molar-refractivity contribution >= 4 is 11.7 Å². The van der Waals surface area contributed by atoms with Gasteiger partial charge in [-0.2, -0.15) is 5.10 Å². The van der Waals surface area contributed by atoms with Crippen LogP contribution in [0.3, 0.4) is 0 Å². The van der Waals surface area contributed by atoms with Crippen LogP contribution in [0.25, 0.3) is 0 Å². The molecular weight excluding hydrogens is 411 g/mol. The number of piperidine rings is 1. The molecule has 1 amide bonds. The zero-order valence-corrected chi connectivity index (χ0v) is 18.3. The molecule has 1 fully saturated rings. The zero-order valence-electron chi connectivity index (χ0n) is 18.3. The number of amides is 1. The van der Waals surface area contributed by atoms with E-state index < -0.39 is 5.82 Å². The molecule has 168 valence electrons. The van der Waals surface area contributed by atoms with Gasteiger partial charge in [0.2, 0.25) is 0 Å². The Balaban J connectivity index is 1.37. The topological polar surface area (TPSA) is 68.6 Å². The Morgan fingerprint density at radius 3 is 2.66 bits per heavy atom. The quantitative estimate of drug-likeness (QED) is 0.601. The standard InChI is InChI=1S/C24H27FN4O3/c1-31-21-7-6-18(22(15-21)32-2)16-28-12-9-20(10-13-28)29-23(8-11-26-29)27-24(30)17-4-3-5-19(25)14-17/h3-8,11,14-15,20H,9-10,12-13,16H2,1-2H3,(H,27,30). The first-order valence-corrected chi connectivity index (χ1v) is 10.6. The van der Waals surface area contributed by atoms with Gasteiger partial charge in [0.05, 0.1) is 26.5 Å². The van der Waals surface area contributed by atoms with Gasteiger partial charge in [-0.05, 0) is 37.1 Å². The number of hydrogen-bond donors (Lipinski definition) is 1. The summed E-state index contributed by atoms with van der Waals surface area (Å²) in [4.78, 5) is 14.9. The van der Waals surface area contributed by atoms with Gasteiger partial charge in [-0.25, -0.2) is 9.07 Å². The maximum absolute atomic E-state index is 13.4. The Morgan fingerprint density at radius 2 is 1.94 bits per heavy atom. The van der Waals surface area contributed by atoms with Crippen LogP contribution in [0.15, 0.2) is 54.7 Å². The van der Waals surface area contributed by atoms with Crippen molar-refractivity contribution in [3.05, 3.63) is 71.7 Å². The average molecular weight is 439 g/mol. The number of anilines is 1. The summed E-state index contributed by atoms with van der Waals surface area (Å²) in [6.07, 6.45) is 3.49. The maximum atomic E-state index is 13.4. The molecular formula is C24H27FN4O3. The molecule has 2 heterocycles. The first kappa shape index (κ1) is 21.8. The van der Waals surface area contributed by atoms with Gasteiger partial charge in [-0.1, -0.05) is 12.1 Å². The molecule has 0 spiro atoms. The Labute approximate surface area is 186 Å². The van der Waals surface area contributed by atoms with Crippen molar-refractivity contribution in [1.29, 1.82) is 0 Å². The fourth-order valence-electron chi connectivity index (χ4n) is 4.07. The van der Waals surface area contributed by atoms with Gasteiger partial charge in [0.15, 0.2) is 0 Å². The van der Waals surface area contributed by atoms with Crippen molar-refractivity contribution in [3.8, 4) is 11.5 Å². The fourth-order valence-corrected chi connectivity index (χ4v) is 4.07. The number of ether oxygens (including phenoxy) is 2. The molecule has 0 aliphatic carbocycles. The zero-order chi connectivity index (χ0) is 22.5. The summed E-state index contributed by atoms with van der Waals surface area (Å²) in [5, 5.41) is 7.30. The van der Waals surface area contributed by atoms with Crippen LogP contribution < -0.4 is 14.8 Å². The molecule has 7 nitrogen and oxygen atoms in total. The predicted molar refractivity (Wildman–Crippen MR) is 120 cm³/mol. The number of halogens is 1. The number of carbonyl (C=O) groups excluding carboxylic acids is 1. The number of nitrogens with zero attached hydrogens (tertiary/aromatic N) is 3. The molecule has 2 aromatic carbocycles. The lowest BCUT2D eigenvalue weighted by Crippen LogP contribution is -2.35. The number of hydrogen-bond acceptors (Lipinski definition) is 5. The van der Waals surface area contributed by atoms with Gasteiger partial charge >= 0.3 is 0 Å². The highest BCUT2D eigenvalue weighted by molar-refractivity contribution is 6.03. The molecule has 0 unspecified atom stereocenters. The van der Waals surface area contributed by atoms with E-state index in [9.17, 15) is 9.18 Å². The number of methoxy groups -OCH3 is 2. The van der Waals surface area contributed by atoms with E-state index in [2.05, 4.69) is 15.3 Å². The highest BCUT2D eigenvalue weighted by atomic mass is 19.1. The lowest BCUT2D eigenvalue weighted by atomic mass is 10.0. The molecule has 3 aromatic rings. The van der Waals surface area contributed by atoms with E-state index in [0.717, 1.165) is 49.5 Å². The van der Waals surface area contributed by atoms with Gasteiger partial charge < -0.3 is 14.8 Å². The van der Waals surface area contributed by atoms with E-state index in [1.54, 1.807) is 32.5 Å². The van der Waals surface area contributed by atoms with Gasteiger partial charge in [0, 0.05) is 42.9 Å². The van der Waals surface area contributed by atoms with Crippen LogP contribution in [0, 0.1) is 5.82 Å². The first-order valence-electron chi connectivity index (χ1n) is 10.6. The minimum Gasteiger partial charge on any atom is -0.497 e. The summed E-state index contributed by atoms with van der Waals surface area (Å²) in [5.41, 5.74) is 1.40. The molecule has 0 atom stereocenters. The third-order valence-electron chi connectivity index (χ3n) is 5.79. The summed E-state index contributed by atoms with van der Waals surface area (Å²) >= 11 is 0. The van der Waals surface area contributed by atoms with Crippen LogP contribution in [0.5, 0.6) is 11.5 Å². The van der Waals surface area contributed by atoms with Gasteiger partial charge in [0.1, 0.15) is 23.1 Å². The molecule has 0 radical (unpaired) electrons. The monoisotopic (exact) mass is 438 g/mol. The molecule has 1 aliphatic heterocycles. The molecule has 4 rings (SSSR count). The van der Waals surface area contributed by atoms with Gasteiger partial charge in [0.25, 0.3) is 5.91 Å². The SMILES string of the molecule is COc1ccc(CN2CCC(n3nccc3NC(=O)c3cccc(F)c3)CC2)c(OC)c1. The van der Waals surface area contributed by atoms with Crippen LogP contribution in [-0.4, -0.2) is 47.9 Å². The van der Waals surface area contributed by atoms with Crippen LogP contribution >= 0.6 is 0 Å². The second kappa shape index (κ2) is 9.82. The van der Waals surface area contributed by atoms with E-state index in [4.69, 9.17) is 9.47 Å². The first-order chi connectivity index (χ1) is 15.6. The maximum Gasteiger partial charge on any atom is 0.256 e. The highest BCUT2D eigenvalue weighted by Crippen LogP contribution is 2.29. The van der Waals surface area contributed by atoms with Crippen LogP contribution in [0.1, 0.15) is 34.8 Å². The van der Waals surface area contributed by atoms with E-state index >= 15 is 0 Å². The van der Waals surface area contributed by atoms with Crippen LogP contribution in [0.4, 0.5) is 10.2 Å². The van der Waals surface area contributed by atoms with Crippen LogP contribution in [-0.2, 0) is 6.54 Å². The summed E-state index contributed by atoms with van der Waals surface area (Å²) in [5.74, 6) is 1.42. The lowest BCUT2D eigenvalue weighted by Gasteiger charge is -2.33. The van der Waals surface area contributed by atoms with Gasteiger partial charge in [-0.3, -0.25) is 9.69 Å². The second-order valence-corrected chi connectivity index (χ2v) is 7.81. The number of likely N-dealkylation sites (tertiary alicyclic amines) is 1. The molecule has 0 saturated carbocycles. The number of benzene rings is 2. The lowest BCUT2D eigenvalue weighted by molar-refractivity contribution is 0.102. The van der Waals surface area contributed by atoms with E-state index in [1.165, 1.54) is 18.2 Å². The van der Waals surface area contributed by atoms with E-state index in [1.807, 2.05) is 22.9 Å². The van der Waals surface area contributed by atoms with Crippen molar-refractivity contribution in [1.82, 2.24) is 14.7 Å². The van der Waals surface area contributed by atoms with Crippen LogP contribution in [0.2, 0.25) is 0 Å². The van der Waals surface area contributed by atoms with Crippen molar-refractivity contribution in [2.45, 2.75) is 25.4 Å². The van der Waals surface area contributed by atoms with E-state index in [-0.39, 0.29) is 17.5 Å². The van der Waals surface area contributed by atoms with Crippen molar-refractivity contribution in [2.24, 2.45) is 0 Å². The Hall–Kier alpha value is -3.39. The smallest absolute Gasteiger partial charge is 0.256 e. The Kier molecular flexibility index (Phi) is 6.70. The fraction of sp³-hybridized carbons (Fsp3) is 0.333. The van der Waals surface area contributed by atoms with E-state index in [0.29, 0.717) is 5.82 Å². The van der Waals surface area contributed by atoms with Gasteiger partial charge in [-0.15, -0.1) is 0 Å². The molecule has 32 heavy (non-hydrogen) atoms. The minimum atomic E-state index is -0.438. The van der Waals surface area contributed by atoms with Crippen molar-refractivity contribution < 1.29 is 18.7 Å². The molecule has 1 N–H and O–H groups in total. The molecule has 1 saturated heterocycles.